The van der Waals surface area contributed by atoms with Gasteiger partial charge in [-0.05, 0) is 84.3 Å². The minimum Gasteiger partial charge on any atom is -0.493 e. The lowest BCUT2D eigenvalue weighted by molar-refractivity contribution is 0.227. The van der Waals surface area contributed by atoms with Gasteiger partial charge in [0.05, 0.1) is 13.2 Å². The molecule has 48 heavy (non-hydrogen) atoms. The normalized spacial score (nSPS) is 13.3. The van der Waals surface area contributed by atoms with Crippen molar-refractivity contribution in [2.75, 3.05) is 13.2 Å². The number of fused-ring (bicyclic) bond motifs is 2. The fraction of sp³-hybridized carbons (Fsp3) is 0.409. The zero-order valence-corrected chi connectivity index (χ0v) is 30.2. The summed E-state index contributed by atoms with van der Waals surface area (Å²) in [5.74, 6) is 2.90. The van der Waals surface area contributed by atoms with E-state index < -0.39 is 0 Å². The molecule has 5 aromatic rings. The van der Waals surface area contributed by atoms with Crippen molar-refractivity contribution in [3.05, 3.63) is 95.3 Å². The Bertz CT molecular complexity index is 1690. The van der Waals surface area contributed by atoms with Crippen LogP contribution in [0.3, 0.4) is 0 Å². The fourth-order valence-electron chi connectivity index (χ4n) is 6.49. The SMILES string of the molecule is CCCCC(CC)COc1cc(/C=C/c2ccc3c(ccn3C)c2)c(OCC(CC)CCCC)cc1/C=C/c1ccc2c(ccn2C)c1. The first-order valence-electron chi connectivity index (χ1n) is 18.3. The third-order valence-electron chi connectivity index (χ3n) is 9.91. The Morgan fingerprint density at radius 3 is 1.40 bits per heavy atom. The Labute approximate surface area is 289 Å². The van der Waals surface area contributed by atoms with E-state index in [4.69, 9.17) is 9.47 Å². The number of hydrogen-bond acceptors (Lipinski definition) is 2. The molecule has 0 amide bonds. The van der Waals surface area contributed by atoms with E-state index in [9.17, 15) is 0 Å². The van der Waals surface area contributed by atoms with Crippen LogP contribution in [-0.2, 0) is 14.1 Å². The number of benzene rings is 3. The van der Waals surface area contributed by atoms with Crippen LogP contribution in [0.15, 0.2) is 73.1 Å². The van der Waals surface area contributed by atoms with Gasteiger partial charge in [0, 0.05) is 59.4 Å². The summed E-state index contributed by atoms with van der Waals surface area (Å²) in [5, 5.41) is 2.49. The Kier molecular flexibility index (Phi) is 12.7. The molecular weight excluding hydrogens is 588 g/mol. The van der Waals surface area contributed by atoms with Crippen LogP contribution in [0.25, 0.3) is 46.1 Å². The summed E-state index contributed by atoms with van der Waals surface area (Å²) in [6, 6.07) is 22.0. The van der Waals surface area contributed by atoms with Gasteiger partial charge in [0.15, 0.2) is 0 Å². The second-order valence-corrected chi connectivity index (χ2v) is 13.5. The molecule has 0 N–H and O–H groups in total. The summed E-state index contributed by atoms with van der Waals surface area (Å²) in [6.45, 7) is 10.5. The van der Waals surface area contributed by atoms with Crippen molar-refractivity contribution in [3.63, 3.8) is 0 Å². The first kappa shape index (κ1) is 35.1. The van der Waals surface area contributed by atoms with Gasteiger partial charge in [-0.1, -0.05) is 103 Å². The van der Waals surface area contributed by atoms with E-state index in [2.05, 4.69) is 148 Å². The molecule has 0 spiro atoms. The van der Waals surface area contributed by atoms with Gasteiger partial charge in [0.1, 0.15) is 11.5 Å². The highest BCUT2D eigenvalue weighted by molar-refractivity contribution is 5.86. The molecule has 5 rings (SSSR count). The molecule has 0 saturated heterocycles. The summed E-state index contributed by atoms with van der Waals surface area (Å²) < 4.78 is 17.7. The summed E-state index contributed by atoms with van der Waals surface area (Å²) >= 11 is 0. The van der Waals surface area contributed by atoms with Crippen molar-refractivity contribution in [2.24, 2.45) is 25.9 Å². The summed E-state index contributed by atoms with van der Waals surface area (Å²) in [4.78, 5) is 0. The molecule has 2 atom stereocenters. The molecule has 2 unspecified atom stereocenters. The Balaban J connectivity index is 1.52. The first-order chi connectivity index (χ1) is 23.4. The summed E-state index contributed by atoms with van der Waals surface area (Å²) in [5.41, 5.74) is 6.91. The predicted molar refractivity (Wildman–Crippen MR) is 208 cm³/mol. The standard InChI is InChI=1S/C44H56N2O2/c1-7-11-13-33(9-3)31-47-43-29-40(20-16-36-18-22-42-38(28-36)24-26-46(42)6)44(48-32-34(10-4)14-12-8-2)30-39(43)19-15-35-17-21-41-37(27-35)23-25-45(41)5/h15-30,33-34H,7-14,31-32H2,1-6H3/b19-15+,20-16+. The molecule has 0 fully saturated rings. The molecule has 0 radical (unpaired) electrons. The zero-order valence-electron chi connectivity index (χ0n) is 30.2. The van der Waals surface area contributed by atoms with Crippen LogP contribution in [0.4, 0.5) is 0 Å². The second-order valence-electron chi connectivity index (χ2n) is 13.5. The monoisotopic (exact) mass is 644 g/mol. The quantitative estimate of drug-likeness (QED) is 0.0888. The number of rotatable bonds is 18. The average molecular weight is 645 g/mol. The number of ether oxygens (including phenoxy) is 2. The Morgan fingerprint density at radius 2 is 1.00 bits per heavy atom. The molecule has 254 valence electrons. The largest absolute Gasteiger partial charge is 0.493 e. The minimum atomic E-state index is 0.540. The summed E-state index contributed by atoms with van der Waals surface area (Å²) in [6.07, 6.45) is 22.6. The van der Waals surface area contributed by atoms with Gasteiger partial charge in [-0.15, -0.1) is 0 Å². The Morgan fingerprint density at radius 1 is 0.562 bits per heavy atom. The van der Waals surface area contributed by atoms with Crippen molar-refractivity contribution >= 4 is 46.1 Å². The van der Waals surface area contributed by atoms with Crippen LogP contribution in [-0.4, -0.2) is 22.3 Å². The molecule has 4 nitrogen and oxygen atoms in total. The number of aromatic nitrogens is 2. The van der Waals surface area contributed by atoms with Crippen LogP contribution in [0, 0.1) is 11.8 Å². The van der Waals surface area contributed by atoms with Crippen molar-refractivity contribution in [1.29, 1.82) is 0 Å². The van der Waals surface area contributed by atoms with Crippen molar-refractivity contribution in [1.82, 2.24) is 9.13 Å². The zero-order chi connectivity index (χ0) is 33.9. The molecule has 0 saturated carbocycles. The highest BCUT2D eigenvalue weighted by Crippen LogP contribution is 2.34. The molecular formula is C44H56N2O2. The van der Waals surface area contributed by atoms with Crippen LogP contribution < -0.4 is 9.47 Å². The van der Waals surface area contributed by atoms with E-state index in [-0.39, 0.29) is 0 Å². The van der Waals surface area contributed by atoms with E-state index in [0.29, 0.717) is 11.8 Å². The maximum atomic E-state index is 6.71. The fourth-order valence-corrected chi connectivity index (χ4v) is 6.49. The maximum Gasteiger partial charge on any atom is 0.127 e. The van der Waals surface area contributed by atoms with Gasteiger partial charge in [-0.2, -0.15) is 0 Å². The van der Waals surface area contributed by atoms with Gasteiger partial charge in [-0.3, -0.25) is 0 Å². The molecule has 0 aliphatic heterocycles. The topological polar surface area (TPSA) is 28.3 Å². The third kappa shape index (κ3) is 9.04. The predicted octanol–water partition coefficient (Wildman–Crippen LogP) is 12.2. The molecule has 0 aliphatic rings. The molecule has 2 heterocycles. The highest BCUT2D eigenvalue weighted by atomic mass is 16.5. The van der Waals surface area contributed by atoms with Crippen molar-refractivity contribution < 1.29 is 9.47 Å². The number of aryl methyl sites for hydroxylation is 2. The lowest BCUT2D eigenvalue weighted by atomic mass is 10.00. The van der Waals surface area contributed by atoms with Crippen LogP contribution in [0.1, 0.15) is 101 Å². The minimum absolute atomic E-state index is 0.540. The van der Waals surface area contributed by atoms with Crippen LogP contribution in [0.5, 0.6) is 11.5 Å². The molecule has 0 bridgehead atoms. The average Bonchev–Trinajstić information content (AvgIpc) is 3.67. The van der Waals surface area contributed by atoms with Gasteiger partial charge < -0.3 is 18.6 Å². The van der Waals surface area contributed by atoms with Gasteiger partial charge >= 0.3 is 0 Å². The molecule has 0 aliphatic carbocycles. The lowest BCUT2D eigenvalue weighted by Crippen LogP contribution is -2.13. The first-order valence-corrected chi connectivity index (χ1v) is 18.3. The van der Waals surface area contributed by atoms with E-state index in [1.54, 1.807) is 0 Å². The number of nitrogens with zero attached hydrogens (tertiary/aromatic N) is 2. The van der Waals surface area contributed by atoms with E-state index in [0.717, 1.165) is 48.7 Å². The van der Waals surface area contributed by atoms with Gasteiger partial charge in [-0.25, -0.2) is 0 Å². The van der Waals surface area contributed by atoms with Crippen molar-refractivity contribution in [2.45, 2.75) is 79.1 Å². The number of hydrogen-bond donors (Lipinski definition) is 0. The van der Waals surface area contributed by atoms with Crippen LogP contribution >= 0.6 is 0 Å². The summed E-state index contributed by atoms with van der Waals surface area (Å²) in [7, 11) is 4.18. The Hall–Kier alpha value is -4.18. The van der Waals surface area contributed by atoms with Crippen molar-refractivity contribution in [3.8, 4) is 11.5 Å². The third-order valence-corrected chi connectivity index (χ3v) is 9.91. The van der Waals surface area contributed by atoms with Gasteiger partial charge in [0.25, 0.3) is 0 Å². The molecule has 4 heteroatoms. The maximum absolute atomic E-state index is 6.71. The molecule has 2 aromatic heterocycles. The number of unbranched alkanes of at least 4 members (excludes halogenated alkanes) is 2. The second kappa shape index (κ2) is 17.3. The van der Waals surface area contributed by atoms with E-state index >= 15 is 0 Å². The van der Waals surface area contributed by atoms with E-state index in [1.165, 1.54) is 71.5 Å². The molecule has 3 aromatic carbocycles. The van der Waals surface area contributed by atoms with Gasteiger partial charge in [0.2, 0.25) is 0 Å². The smallest absolute Gasteiger partial charge is 0.127 e. The van der Waals surface area contributed by atoms with E-state index in [1.807, 2.05) is 0 Å². The highest BCUT2D eigenvalue weighted by Gasteiger charge is 2.15. The lowest BCUT2D eigenvalue weighted by Gasteiger charge is -2.20. The van der Waals surface area contributed by atoms with Crippen LogP contribution in [0.2, 0.25) is 0 Å².